The number of ether oxygens (including phenoxy) is 1. The molecule has 7 heteroatoms. The maximum atomic E-state index is 5.75. The van der Waals surface area contributed by atoms with Crippen LogP contribution in [0, 0.1) is 5.92 Å². The Morgan fingerprint density at radius 1 is 1.40 bits per heavy atom. The first kappa shape index (κ1) is 15.0. The Kier molecular flexibility index (Phi) is 5.55. The molecule has 0 aromatic carbocycles. The van der Waals surface area contributed by atoms with Crippen molar-refractivity contribution in [2.24, 2.45) is 5.92 Å². The Hall–Kier alpha value is -1.40. The molecule has 0 bridgehead atoms. The van der Waals surface area contributed by atoms with E-state index in [1.807, 2.05) is 0 Å². The minimum atomic E-state index is 0.508. The van der Waals surface area contributed by atoms with Crippen LogP contribution in [0.4, 0.5) is 5.13 Å². The lowest BCUT2D eigenvalue weighted by molar-refractivity contribution is 0.320. The maximum absolute atomic E-state index is 5.75. The Bertz CT molecular complexity index is 529. The van der Waals surface area contributed by atoms with Crippen molar-refractivity contribution in [2.45, 2.75) is 20.3 Å². The molecule has 2 rings (SSSR count). The van der Waals surface area contributed by atoms with E-state index in [1.54, 1.807) is 18.3 Å². The molecule has 1 N–H and O–H groups in total. The van der Waals surface area contributed by atoms with E-state index in [0.29, 0.717) is 30.0 Å². The van der Waals surface area contributed by atoms with Crippen LogP contribution in [-0.2, 0) is 6.42 Å². The number of anilines is 1. The molecular formula is C13H17ClN4OS. The number of pyridine rings is 1. The van der Waals surface area contributed by atoms with Crippen molar-refractivity contribution < 1.29 is 4.74 Å². The number of nitrogens with one attached hydrogen (secondary N) is 1. The summed E-state index contributed by atoms with van der Waals surface area (Å²) in [7, 11) is 0. The first-order chi connectivity index (χ1) is 9.63. The average molecular weight is 313 g/mol. The van der Waals surface area contributed by atoms with Crippen LogP contribution in [0.15, 0.2) is 18.3 Å². The number of hydrogen-bond acceptors (Lipinski definition) is 6. The SMILES string of the molecule is CC(C)Cc1nsc(NCCOc2ccc(Cl)cn2)n1. The fraction of sp³-hybridized carbons (Fsp3) is 0.462. The van der Waals surface area contributed by atoms with E-state index in [1.165, 1.54) is 11.5 Å². The van der Waals surface area contributed by atoms with Gasteiger partial charge in [-0.05, 0) is 12.0 Å². The van der Waals surface area contributed by atoms with E-state index in [4.69, 9.17) is 16.3 Å². The highest BCUT2D eigenvalue weighted by Gasteiger charge is 2.05. The van der Waals surface area contributed by atoms with Gasteiger partial charge in [0.1, 0.15) is 12.4 Å². The van der Waals surface area contributed by atoms with Gasteiger partial charge in [-0.15, -0.1) is 0 Å². The first-order valence-electron chi connectivity index (χ1n) is 6.44. The van der Waals surface area contributed by atoms with Gasteiger partial charge < -0.3 is 10.1 Å². The van der Waals surface area contributed by atoms with Gasteiger partial charge in [-0.2, -0.15) is 4.37 Å². The van der Waals surface area contributed by atoms with Crippen LogP contribution in [0.2, 0.25) is 5.02 Å². The predicted octanol–water partition coefficient (Wildman–Crippen LogP) is 3.28. The van der Waals surface area contributed by atoms with Crippen LogP contribution >= 0.6 is 23.1 Å². The normalized spacial score (nSPS) is 10.8. The Morgan fingerprint density at radius 3 is 2.95 bits per heavy atom. The summed E-state index contributed by atoms with van der Waals surface area (Å²) in [4.78, 5) is 8.47. The second-order valence-electron chi connectivity index (χ2n) is 4.70. The number of nitrogens with zero attached hydrogens (tertiary/aromatic N) is 3. The minimum absolute atomic E-state index is 0.508. The maximum Gasteiger partial charge on any atom is 0.213 e. The summed E-state index contributed by atoms with van der Waals surface area (Å²) in [5, 5.41) is 4.61. The molecular weight excluding hydrogens is 296 g/mol. The van der Waals surface area contributed by atoms with E-state index in [-0.39, 0.29) is 0 Å². The molecule has 0 unspecified atom stereocenters. The summed E-state index contributed by atoms with van der Waals surface area (Å²) < 4.78 is 9.78. The third-order valence-corrected chi connectivity index (χ3v) is 3.32. The van der Waals surface area contributed by atoms with E-state index in [9.17, 15) is 0 Å². The van der Waals surface area contributed by atoms with E-state index in [0.717, 1.165) is 17.4 Å². The minimum Gasteiger partial charge on any atom is -0.476 e. The molecule has 0 spiro atoms. The van der Waals surface area contributed by atoms with Gasteiger partial charge in [-0.3, -0.25) is 0 Å². The molecule has 0 aliphatic rings. The molecule has 0 radical (unpaired) electrons. The van der Waals surface area contributed by atoms with Gasteiger partial charge in [0.2, 0.25) is 11.0 Å². The van der Waals surface area contributed by atoms with Gasteiger partial charge >= 0.3 is 0 Å². The summed E-state index contributed by atoms with van der Waals surface area (Å²) in [6, 6.07) is 3.49. The van der Waals surface area contributed by atoms with Gasteiger partial charge in [-0.25, -0.2) is 9.97 Å². The number of rotatable bonds is 7. The molecule has 0 saturated carbocycles. The molecule has 5 nitrogen and oxygen atoms in total. The number of hydrogen-bond donors (Lipinski definition) is 1. The fourth-order valence-corrected chi connectivity index (χ4v) is 2.27. The van der Waals surface area contributed by atoms with Crippen molar-refractivity contribution in [3.63, 3.8) is 0 Å². The molecule has 2 aromatic heterocycles. The predicted molar refractivity (Wildman–Crippen MR) is 81.7 cm³/mol. The zero-order valence-electron chi connectivity index (χ0n) is 11.5. The van der Waals surface area contributed by atoms with Gasteiger partial charge in [0.05, 0.1) is 11.6 Å². The molecule has 0 aliphatic heterocycles. The van der Waals surface area contributed by atoms with E-state index >= 15 is 0 Å². The smallest absolute Gasteiger partial charge is 0.213 e. The fourth-order valence-electron chi connectivity index (χ4n) is 1.54. The number of halogens is 1. The van der Waals surface area contributed by atoms with Crippen molar-refractivity contribution in [3.8, 4) is 5.88 Å². The van der Waals surface area contributed by atoms with Crippen LogP contribution < -0.4 is 10.1 Å². The highest BCUT2D eigenvalue weighted by molar-refractivity contribution is 7.09. The van der Waals surface area contributed by atoms with Crippen molar-refractivity contribution in [3.05, 3.63) is 29.2 Å². The molecule has 108 valence electrons. The summed E-state index contributed by atoms with van der Waals surface area (Å²) in [6.45, 7) is 5.47. The Morgan fingerprint density at radius 2 is 2.25 bits per heavy atom. The second kappa shape index (κ2) is 7.40. The zero-order chi connectivity index (χ0) is 14.4. The third kappa shape index (κ3) is 4.94. The topological polar surface area (TPSA) is 59.9 Å². The quantitative estimate of drug-likeness (QED) is 0.795. The van der Waals surface area contributed by atoms with Crippen molar-refractivity contribution in [1.29, 1.82) is 0 Å². The summed E-state index contributed by atoms with van der Waals surface area (Å²) in [5.41, 5.74) is 0. The highest BCUT2D eigenvalue weighted by atomic mass is 35.5. The van der Waals surface area contributed by atoms with Crippen LogP contribution in [0.5, 0.6) is 5.88 Å². The average Bonchev–Trinajstić information content (AvgIpc) is 2.83. The molecule has 2 heterocycles. The monoisotopic (exact) mass is 312 g/mol. The molecule has 0 atom stereocenters. The zero-order valence-corrected chi connectivity index (χ0v) is 13.0. The van der Waals surface area contributed by atoms with Crippen molar-refractivity contribution in [2.75, 3.05) is 18.5 Å². The lowest BCUT2D eigenvalue weighted by atomic mass is 10.1. The van der Waals surface area contributed by atoms with Gasteiger partial charge in [0, 0.05) is 30.2 Å². The summed E-state index contributed by atoms with van der Waals surface area (Å²) in [6.07, 6.45) is 2.47. The van der Waals surface area contributed by atoms with Crippen LogP contribution in [0.25, 0.3) is 0 Å². The highest BCUT2D eigenvalue weighted by Crippen LogP contribution is 2.14. The van der Waals surface area contributed by atoms with Crippen molar-refractivity contribution >= 4 is 28.3 Å². The number of aromatic nitrogens is 3. The molecule has 0 aliphatic carbocycles. The summed E-state index contributed by atoms with van der Waals surface area (Å²) >= 11 is 7.13. The van der Waals surface area contributed by atoms with Gasteiger partial charge in [0.15, 0.2) is 0 Å². The largest absolute Gasteiger partial charge is 0.476 e. The lowest BCUT2D eigenvalue weighted by Crippen LogP contribution is -2.11. The van der Waals surface area contributed by atoms with Gasteiger partial charge in [0.25, 0.3) is 0 Å². The molecule has 0 amide bonds. The third-order valence-electron chi connectivity index (χ3n) is 2.39. The Labute approximate surface area is 127 Å². The first-order valence-corrected chi connectivity index (χ1v) is 7.59. The Balaban J connectivity index is 1.70. The van der Waals surface area contributed by atoms with Crippen LogP contribution in [0.3, 0.4) is 0 Å². The molecule has 20 heavy (non-hydrogen) atoms. The standard InChI is InChI=1S/C13H17ClN4OS/c1-9(2)7-11-17-13(20-18-11)15-5-6-19-12-4-3-10(14)8-16-12/h3-4,8-9H,5-7H2,1-2H3,(H,15,17,18). The van der Waals surface area contributed by atoms with Gasteiger partial charge in [-0.1, -0.05) is 25.4 Å². The van der Waals surface area contributed by atoms with E-state index in [2.05, 4.69) is 33.5 Å². The second-order valence-corrected chi connectivity index (χ2v) is 5.89. The van der Waals surface area contributed by atoms with E-state index < -0.39 is 0 Å². The molecule has 0 saturated heterocycles. The van der Waals surface area contributed by atoms with Crippen LogP contribution in [0.1, 0.15) is 19.7 Å². The molecule has 2 aromatic rings. The lowest BCUT2D eigenvalue weighted by Gasteiger charge is -2.05. The summed E-state index contributed by atoms with van der Waals surface area (Å²) in [5.74, 6) is 2.03. The van der Waals surface area contributed by atoms with Crippen molar-refractivity contribution in [1.82, 2.24) is 14.3 Å². The molecule has 0 fully saturated rings. The van der Waals surface area contributed by atoms with Crippen LogP contribution in [-0.4, -0.2) is 27.5 Å².